The maximum atomic E-state index is 14.5. The van der Waals surface area contributed by atoms with Gasteiger partial charge >= 0.3 is 24.0 Å². The van der Waals surface area contributed by atoms with Gasteiger partial charge in [0.05, 0.1) is 0 Å². The fourth-order valence-corrected chi connectivity index (χ4v) is 2.38. The molecule has 0 saturated heterocycles. The molecule has 1 aliphatic rings. The molecule has 12 heteroatoms. The fraction of sp³-hybridized carbons (Fsp3) is 0. The Kier molecular flexibility index (Phi) is 3.80. The third kappa shape index (κ3) is 3.02. The first-order chi connectivity index (χ1) is 13.3. The minimum absolute atomic E-state index is 0.461. The second-order valence-corrected chi connectivity index (χ2v) is 5.17. The van der Waals surface area contributed by atoms with E-state index in [1.165, 1.54) is 0 Å². The van der Waals surface area contributed by atoms with Crippen molar-refractivity contribution >= 4 is 34.2 Å². The number of fused-ring (bicyclic) bond motifs is 6. The lowest BCUT2D eigenvalue weighted by molar-refractivity contribution is 0.0892. The summed E-state index contributed by atoms with van der Waals surface area (Å²) in [5.41, 5.74) is -1.47. The molecule has 0 spiro atoms. The molecule has 0 radical (unpaired) electrons. The summed E-state index contributed by atoms with van der Waals surface area (Å²) in [6.07, 6.45) is -3.27. The number of carbonyl (C=O) groups excluding carboxylic acids is 2. The topological polar surface area (TPSA) is 135 Å². The van der Waals surface area contributed by atoms with Crippen molar-refractivity contribution in [3.05, 3.63) is 57.1 Å². The van der Waals surface area contributed by atoms with Crippen molar-refractivity contribution in [2.75, 3.05) is 0 Å². The van der Waals surface area contributed by atoms with Crippen molar-refractivity contribution in [1.29, 1.82) is 0 Å². The third-order valence-corrected chi connectivity index (χ3v) is 3.46. The highest BCUT2D eigenvalue weighted by molar-refractivity contribution is 5.91. The van der Waals surface area contributed by atoms with Crippen LogP contribution in [0.25, 0.3) is 21.9 Å². The maximum absolute atomic E-state index is 14.5. The van der Waals surface area contributed by atoms with E-state index < -0.39 is 69.0 Å². The van der Waals surface area contributed by atoms with E-state index in [1.807, 2.05) is 0 Å². The molecule has 0 amide bonds. The van der Waals surface area contributed by atoms with Gasteiger partial charge in [-0.2, -0.15) is 0 Å². The van der Waals surface area contributed by atoms with Crippen molar-refractivity contribution in [3.8, 4) is 11.5 Å². The molecule has 2 aromatic heterocycles. The summed E-state index contributed by atoms with van der Waals surface area (Å²) in [5, 5.41) is -0.922. The third-order valence-electron chi connectivity index (χ3n) is 3.46. The van der Waals surface area contributed by atoms with Gasteiger partial charge in [-0.15, -0.1) is 0 Å². The Morgan fingerprint density at radius 3 is 1.43 bits per heavy atom. The van der Waals surface area contributed by atoms with Gasteiger partial charge < -0.3 is 27.5 Å². The van der Waals surface area contributed by atoms with Crippen LogP contribution in [0.5, 0.6) is 11.5 Å². The van der Waals surface area contributed by atoms with Gasteiger partial charge in [0.2, 0.25) is 0 Å². The van der Waals surface area contributed by atoms with E-state index in [4.69, 9.17) is 0 Å². The first-order valence-electron chi connectivity index (χ1n) is 7.20. The van der Waals surface area contributed by atoms with E-state index in [0.29, 0.717) is 12.1 Å². The Morgan fingerprint density at radius 1 is 0.571 bits per heavy atom. The molecule has 6 bridgehead atoms. The van der Waals surface area contributed by atoms with Crippen LogP contribution in [-0.4, -0.2) is 12.3 Å². The van der Waals surface area contributed by atoms with Gasteiger partial charge in [0.15, 0.2) is 22.7 Å². The van der Waals surface area contributed by atoms with Crippen LogP contribution in [0.15, 0.2) is 47.1 Å². The highest BCUT2D eigenvalue weighted by Gasteiger charge is 2.22. The average Bonchev–Trinajstić information content (AvgIpc) is 2.58. The molecule has 0 atom stereocenters. The molecule has 0 fully saturated rings. The first kappa shape index (κ1) is 17.2. The minimum atomic E-state index is -1.68. The lowest BCUT2D eigenvalue weighted by atomic mass is 10.1. The molecule has 3 heterocycles. The Labute approximate surface area is 149 Å². The van der Waals surface area contributed by atoms with Crippen LogP contribution < -0.4 is 21.1 Å². The van der Waals surface area contributed by atoms with Gasteiger partial charge in [0, 0.05) is 22.9 Å². The molecular weight excluding hydrogens is 390 g/mol. The molecule has 0 N–H and O–H groups in total. The molecule has 4 aromatic rings. The number of hydrogen-bond donors (Lipinski definition) is 0. The zero-order chi connectivity index (χ0) is 20.0. The molecule has 10 nitrogen and oxygen atoms in total. The molecule has 5 rings (SSSR count). The van der Waals surface area contributed by atoms with E-state index in [2.05, 4.69) is 27.5 Å². The number of benzene rings is 2. The Hall–Kier alpha value is -4.22. The van der Waals surface area contributed by atoms with Crippen molar-refractivity contribution in [2.45, 2.75) is 0 Å². The summed E-state index contributed by atoms with van der Waals surface area (Å²) in [4.78, 5) is 46.8. The van der Waals surface area contributed by atoms with Crippen molar-refractivity contribution in [2.24, 2.45) is 0 Å². The molecule has 0 saturated carbocycles. The normalized spacial score (nSPS) is 13.2. The number of halogens is 2. The quantitative estimate of drug-likeness (QED) is 0.318. The van der Waals surface area contributed by atoms with Crippen LogP contribution in [-0.2, 0) is 4.74 Å². The number of carbonyl (C=O) groups is 2. The van der Waals surface area contributed by atoms with Gasteiger partial charge in [-0.3, -0.25) is 0 Å². The zero-order valence-electron chi connectivity index (χ0n) is 13.1. The number of ether oxygens (including phenoxy) is 3. The van der Waals surface area contributed by atoms with Crippen molar-refractivity contribution in [3.63, 3.8) is 0 Å². The second kappa shape index (κ2) is 6.19. The Bertz CT molecular complexity index is 1240. The smallest absolute Gasteiger partial charge is 0.391 e. The van der Waals surface area contributed by atoms with E-state index in [9.17, 15) is 28.0 Å². The molecule has 142 valence electrons. The van der Waals surface area contributed by atoms with E-state index in [-0.39, 0.29) is 0 Å². The molecule has 0 unspecified atom stereocenters. The van der Waals surface area contributed by atoms with E-state index >= 15 is 0 Å². The minimum Gasteiger partial charge on any atom is -0.391 e. The predicted molar refractivity (Wildman–Crippen MR) is 81.5 cm³/mol. The van der Waals surface area contributed by atoms with Crippen LogP contribution in [0.2, 0.25) is 0 Å². The van der Waals surface area contributed by atoms with Gasteiger partial charge in [0.25, 0.3) is 0 Å². The number of hydrogen-bond acceptors (Lipinski definition) is 10. The lowest BCUT2D eigenvalue weighted by Gasteiger charge is -2.05. The number of cyclic esters (lactones) is 2. The fourth-order valence-electron chi connectivity index (χ4n) is 2.38. The zero-order valence-corrected chi connectivity index (χ0v) is 13.1. The van der Waals surface area contributed by atoms with Gasteiger partial charge in [0.1, 0.15) is 11.6 Å². The molecule has 28 heavy (non-hydrogen) atoms. The van der Waals surface area contributed by atoms with Crippen LogP contribution >= 0.6 is 0 Å². The summed E-state index contributed by atoms with van der Waals surface area (Å²) >= 11 is 0. The van der Waals surface area contributed by atoms with Gasteiger partial charge in [-0.05, 0) is 12.1 Å². The summed E-state index contributed by atoms with van der Waals surface area (Å²) in [6, 6.07) is 2.74. The molecule has 0 aliphatic carbocycles. The lowest BCUT2D eigenvalue weighted by Crippen LogP contribution is -2.19. The van der Waals surface area contributed by atoms with E-state index in [1.54, 1.807) is 0 Å². The SMILES string of the molecule is O=C1OC(=O)Oc2cc3c(F)cc2oc(=O)oc(=O)oc2cc(F)c3cc2O1. The summed E-state index contributed by atoms with van der Waals surface area (Å²) in [7, 11) is 0. The highest BCUT2D eigenvalue weighted by Crippen LogP contribution is 2.32. The summed E-state index contributed by atoms with van der Waals surface area (Å²) in [5.74, 6) is -6.88. The van der Waals surface area contributed by atoms with Crippen LogP contribution in [0.1, 0.15) is 0 Å². The second-order valence-electron chi connectivity index (χ2n) is 5.17. The summed E-state index contributed by atoms with van der Waals surface area (Å²) < 4.78 is 56.0. The monoisotopic (exact) mass is 394 g/mol. The number of rotatable bonds is 0. The largest absolute Gasteiger partial charge is 0.524 e. The standard InChI is InChI=1S/C16H4F2O10/c17-7-3-11-9-1-5(7)6-2-10(24-14(20)27-13(19)23-9)12(4-8(6)18)26-16(22)28-15(21)25-11/h1-4H. The first-order valence-corrected chi connectivity index (χ1v) is 7.20. The molecule has 2 aromatic carbocycles. The highest BCUT2D eigenvalue weighted by atomic mass is 19.1. The Morgan fingerprint density at radius 2 is 1.00 bits per heavy atom. The summed E-state index contributed by atoms with van der Waals surface area (Å²) in [6.45, 7) is 0. The van der Waals surface area contributed by atoms with Crippen molar-refractivity contribution < 1.29 is 45.8 Å². The van der Waals surface area contributed by atoms with Crippen LogP contribution in [0.4, 0.5) is 18.4 Å². The van der Waals surface area contributed by atoms with Gasteiger partial charge in [-0.1, -0.05) is 0 Å². The van der Waals surface area contributed by atoms with Gasteiger partial charge in [-0.25, -0.2) is 28.0 Å². The average molecular weight is 394 g/mol. The predicted octanol–water partition coefficient (Wildman–Crippen LogP) is 2.92. The van der Waals surface area contributed by atoms with Crippen LogP contribution in [0, 0.1) is 11.6 Å². The maximum Gasteiger partial charge on any atom is 0.524 e. The molecule has 1 aliphatic heterocycles. The van der Waals surface area contributed by atoms with Crippen molar-refractivity contribution in [1.82, 2.24) is 0 Å². The van der Waals surface area contributed by atoms with E-state index in [0.717, 1.165) is 12.1 Å². The molecular formula is C16H4F2O10. The Balaban J connectivity index is 2.35. The van der Waals surface area contributed by atoms with Crippen LogP contribution in [0.3, 0.4) is 0 Å².